The molecule has 164 valence electrons. The molecule has 0 radical (unpaired) electrons. The zero-order chi connectivity index (χ0) is 21.8. The lowest BCUT2D eigenvalue weighted by molar-refractivity contribution is -0.331. The Kier molecular flexibility index (Phi) is 8.99. The van der Waals surface area contributed by atoms with Crippen molar-refractivity contribution in [2.45, 2.75) is 43.0 Å². The molecule has 0 N–H and O–H groups in total. The van der Waals surface area contributed by atoms with Gasteiger partial charge in [0.1, 0.15) is 6.10 Å². The minimum atomic E-state index is -6.10. The van der Waals surface area contributed by atoms with E-state index in [4.69, 9.17) is 0 Å². The van der Waals surface area contributed by atoms with E-state index < -0.39 is 65.0 Å². The number of ether oxygens (including phenoxy) is 2. The van der Waals surface area contributed by atoms with Crippen LogP contribution in [0.4, 0.5) is 61.1 Å². The normalized spacial score (nSPS) is 14.9. The summed E-state index contributed by atoms with van der Waals surface area (Å²) in [5.74, 6) is 0. The summed E-state index contributed by atoms with van der Waals surface area (Å²) in [6.45, 7) is -4.17. The van der Waals surface area contributed by atoms with Crippen LogP contribution in [0.1, 0.15) is 0 Å². The molecule has 0 saturated carbocycles. The summed E-state index contributed by atoms with van der Waals surface area (Å²) in [5, 5.41) is 0. The molecule has 0 aromatic carbocycles. The monoisotopic (exact) mass is 460 g/mol. The van der Waals surface area contributed by atoms with Crippen molar-refractivity contribution in [2.24, 2.45) is 0 Å². The minimum Gasteiger partial charge on any atom is -0.358 e. The van der Waals surface area contributed by atoms with Gasteiger partial charge in [0.2, 0.25) is 12.2 Å². The molecule has 27 heavy (non-hydrogen) atoms. The predicted octanol–water partition coefficient (Wildman–Crippen LogP) is 5.56. The van der Waals surface area contributed by atoms with Crippen LogP contribution < -0.4 is 0 Å². The van der Waals surface area contributed by atoms with Crippen molar-refractivity contribution in [2.75, 3.05) is 13.2 Å². The van der Waals surface area contributed by atoms with E-state index in [0.717, 1.165) is 0 Å². The van der Waals surface area contributed by atoms with Gasteiger partial charge in [0.25, 0.3) is 0 Å². The van der Waals surface area contributed by atoms with E-state index in [0.29, 0.717) is 0 Å². The lowest BCUT2D eigenvalue weighted by Gasteiger charge is -2.27. The molecule has 3 nitrogen and oxygen atoms in total. The molecule has 0 aromatic rings. The Morgan fingerprint density at radius 3 is 1.00 bits per heavy atom. The summed E-state index contributed by atoms with van der Waals surface area (Å²) in [7, 11) is -4.60. The second-order valence-electron chi connectivity index (χ2n) is 4.52. The van der Waals surface area contributed by atoms with Gasteiger partial charge in [-0.15, -0.1) is 0 Å². The third-order valence-electron chi connectivity index (χ3n) is 2.32. The minimum absolute atomic E-state index is 2.08. The number of alkyl halides is 12. The van der Waals surface area contributed by atoms with E-state index in [1.165, 1.54) is 0 Å². The van der Waals surface area contributed by atoms with Crippen LogP contribution in [0.25, 0.3) is 0 Å². The first kappa shape index (κ1) is 26.3. The van der Waals surface area contributed by atoms with Gasteiger partial charge < -0.3 is 9.47 Å². The van der Waals surface area contributed by atoms with Crippen molar-refractivity contribution in [3.63, 3.8) is 0 Å². The van der Waals surface area contributed by atoms with Gasteiger partial charge in [0.15, 0.2) is 0 Å². The largest absolute Gasteiger partial charge is 0.423 e. The summed E-state index contributed by atoms with van der Waals surface area (Å²) in [6, 6.07) is 0. The van der Waals surface area contributed by atoms with Crippen LogP contribution in [-0.4, -0.2) is 56.2 Å². The molecule has 0 spiro atoms. The summed E-state index contributed by atoms with van der Waals surface area (Å²) in [6.07, 6.45) is -36.3. The van der Waals surface area contributed by atoms with E-state index in [-0.39, 0.29) is 0 Å². The second kappa shape index (κ2) is 9.22. The van der Waals surface area contributed by atoms with Gasteiger partial charge in [0, 0.05) is 0 Å². The SMILES string of the molecule is FP(F)OC(COC(C(F)(F)F)C(F)(F)F)COC(C(F)(F)F)C(F)(F)F. The fraction of sp³-hybridized carbons (Fsp3) is 1.00. The zero-order valence-corrected chi connectivity index (χ0v) is 13.0. The first-order valence-electron chi connectivity index (χ1n) is 6.04. The maximum absolute atomic E-state index is 12.2. The number of hydrogen-bond donors (Lipinski definition) is 0. The van der Waals surface area contributed by atoms with E-state index in [2.05, 4.69) is 14.0 Å². The molecule has 0 amide bonds. The van der Waals surface area contributed by atoms with Gasteiger partial charge in [-0.25, -0.2) is 0 Å². The fourth-order valence-corrected chi connectivity index (χ4v) is 1.72. The number of rotatable bonds is 8. The molecule has 0 bridgehead atoms. The highest BCUT2D eigenvalue weighted by atomic mass is 31.2. The first-order chi connectivity index (χ1) is 11.8. The second-order valence-corrected chi connectivity index (χ2v) is 5.14. The van der Waals surface area contributed by atoms with Crippen LogP contribution in [0.2, 0.25) is 0 Å². The van der Waals surface area contributed by atoms with Crippen molar-refractivity contribution in [1.82, 2.24) is 0 Å². The van der Waals surface area contributed by atoms with Crippen molar-refractivity contribution in [3.05, 3.63) is 0 Å². The van der Waals surface area contributed by atoms with Crippen molar-refractivity contribution in [3.8, 4) is 0 Å². The molecule has 0 fully saturated rings. The molecular formula is C9H7F14O3P. The topological polar surface area (TPSA) is 27.7 Å². The molecule has 0 aliphatic heterocycles. The summed E-state index contributed by atoms with van der Waals surface area (Å²) in [5.41, 5.74) is 0. The Labute approximate surface area is 141 Å². The maximum Gasteiger partial charge on any atom is 0.423 e. The molecule has 0 aliphatic carbocycles. The molecule has 18 heteroatoms. The molecular weight excluding hydrogens is 453 g/mol. The summed E-state index contributed by atoms with van der Waals surface area (Å²) in [4.78, 5) is 0. The van der Waals surface area contributed by atoms with Crippen LogP contribution in [0.15, 0.2) is 0 Å². The number of halogens is 14. The Balaban J connectivity index is 5.19. The standard InChI is InChI=1S/C9H7F14O3P/c10-6(11,12)4(7(13,14)15)24-1-3(26-27(22)23)2-25-5(8(16,17)18)9(19,20)21/h3-5H,1-2H2. The van der Waals surface area contributed by atoms with E-state index in [1.54, 1.807) is 0 Å². The highest BCUT2D eigenvalue weighted by Gasteiger charge is 2.59. The third-order valence-corrected chi connectivity index (χ3v) is 2.77. The zero-order valence-electron chi connectivity index (χ0n) is 12.1. The summed E-state index contributed by atoms with van der Waals surface area (Å²) >= 11 is 0. The van der Waals surface area contributed by atoms with E-state index in [1.807, 2.05) is 0 Å². The molecule has 0 rings (SSSR count). The molecule has 0 atom stereocenters. The smallest absolute Gasteiger partial charge is 0.358 e. The lowest BCUT2D eigenvalue weighted by atomic mass is 10.3. The molecule has 0 unspecified atom stereocenters. The Morgan fingerprint density at radius 1 is 0.556 bits per heavy atom. The molecule has 0 saturated heterocycles. The third kappa shape index (κ3) is 9.89. The average molecular weight is 460 g/mol. The first-order valence-corrected chi connectivity index (χ1v) is 7.09. The van der Waals surface area contributed by atoms with Gasteiger partial charge in [-0.1, -0.05) is 0 Å². The van der Waals surface area contributed by atoms with Gasteiger partial charge >= 0.3 is 33.5 Å². The number of hydrogen-bond acceptors (Lipinski definition) is 3. The summed E-state index contributed by atoms with van der Waals surface area (Å²) < 4.78 is 181. The van der Waals surface area contributed by atoms with Crippen LogP contribution in [0, 0.1) is 0 Å². The Hall–Kier alpha value is -0.670. The quantitative estimate of drug-likeness (QED) is 0.351. The molecule has 0 aliphatic rings. The van der Waals surface area contributed by atoms with Gasteiger partial charge in [0.05, 0.1) is 13.2 Å². The average Bonchev–Trinajstić information content (AvgIpc) is 2.30. The Bertz CT molecular complexity index is 377. The lowest BCUT2D eigenvalue weighted by Crippen LogP contribution is -2.47. The van der Waals surface area contributed by atoms with Crippen LogP contribution >= 0.6 is 8.77 Å². The molecule has 0 aromatic heterocycles. The van der Waals surface area contributed by atoms with Gasteiger partial charge in [-0.05, 0) is 0 Å². The van der Waals surface area contributed by atoms with Crippen LogP contribution in [0.5, 0.6) is 0 Å². The van der Waals surface area contributed by atoms with Gasteiger partial charge in [-0.2, -0.15) is 61.1 Å². The van der Waals surface area contributed by atoms with E-state index in [9.17, 15) is 61.1 Å². The Morgan fingerprint density at radius 2 is 0.815 bits per heavy atom. The highest BCUT2D eigenvalue weighted by Crippen LogP contribution is 2.43. The van der Waals surface area contributed by atoms with Crippen molar-refractivity contribution >= 4 is 8.77 Å². The molecule has 0 heterocycles. The fourth-order valence-electron chi connectivity index (χ4n) is 1.38. The highest BCUT2D eigenvalue weighted by molar-refractivity contribution is 7.40. The van der Waals surface area contributed by atoms with Crippen LogP contribution in [-0.2, 0) is 14.0 Å². The van der Waals surface area contributed by atoms with Crippen LogP contribution in [0.3, 0.4) is 0 Å². The predicted molar refractivity (Wildman–Crippen MR) is 57.7 cm³/mol. The van der Waals surface area contributed by atoms with E-state index >= 15 is 0 Å². The van der Waals surface area contributed by atoms with Crippen molar-refractivity contribution in [1.29, 1.82) is 0 Å². The van der Waals surface area contributed by atoms with Crippen molar-refractivity contribution < 1.29 is 75.1 Å². The maximum atomic E-state index is 12.2. The van der Waals surface area contributed by atoms with Gasteiger partial charge in [-0.3, -0.25) is 4.52 Å².